The summed E-state index contributed by atoms with van der Waals surface area (Å²) in [7, 11) is 1.70. The van der Waals surface area contributed by atoms with Crippen molar-refractivity contribution in [2.45, 2.75) is 32.4 Å². The average Bonchev–Trinajstić information content (AvgIpc) is 2.62. The molecule has 0 radical (unpaired) electrons. The molecule has 1 aliphatic heterocycles. The van der Waals surface area contributed by atoms with Crippen LogP contribution >= 0.6 is 0 Å². The van der Waals surface area contributed by atoms with Crippen molar-refractivity contribution >= 4 is 5.91 Å². The van der Waals surface area contributed by atoms with Crippen LogP contribution in [-0.4, -0.2) is 49.7 Å². The van der Waals surface area contributed by atoms with Crippen LogP contribution in [0.15, 0.2) is 0 Å². The molecule has 0 saturated carbocycles. The highest BCUT2D eigenvalue weighted by Gasteiger charge is 2.25. The van der Waals surface area contributed by atoms with Gasteiger partial charge in [0.2, 0.25) is 5.91 Å². The number of ether oxygens (including phenoxy) is 1. The topological polar surface area (TPSA) is 41.6 Å². The van der Waals surface area contributed by atoms with Crippen LogP contribution in [0.4, 0.5) is 0 Å². The fourth-order valence-electron chi connectivity index (χ4n) is 1.55. The van der Waals surface area contributed by atoms with Gasteiger partial charge in [0.25, 0.3) is 0 Å². The second-order valence-electron chi connectivity index (χ2n) is 4.02. The lowest BCUT2D eigenvalue weighted by Crippen LogP contribution is -2.39. The Morgan fingerprint density at radius 3 is 2.86 bits per heavy atom. The molecule has 0 aliphatic carbocycles. The number of hydrogen-bond donors (Lipinski definition) is 1. The standard InChI is InChI=1S/C10H20N2O2/c1-8(2)11-6-10(13)12-5-4-9(7-12)14-3/h8-9,11H,4-7H2,1-3H3. The molecule has 1 N–H and O–H groups in total. The smallest absolute Gasteiger partial charge is 0.236 e. The summed E-state index contributed by atoms with van der Waals surface area (Å²) in [5.74, 6) is 0.179. The van der Waals surface area contributed by atoms with E-state index in [1.54, 1.807) is 7.11 Å². The van der Waals surface area contributed by atoms with Gasteiger partial charge in [0, 0.05) is 26.2 Å². The molecule has 0 spiro atoms. The third kappa shape index (κ3) is 3.27. The van der Waals surface area contributed by atoms with Gasteiger partial charge in [-0.2, -0.15) is 0 Å². The fourth-order valence-corrected chi connectivity index (χ4v) is 1.55. The Labute approximate surface area is 85.6 Å². The summed E-state index contributed by atoms with van der Waals surface area (Å²) < 4.78 is 5.20. The monoisotopic (exact) mass is 200 g/mol. The summed E-state index contributed by atoms with van der Waals surface area (Å²) in [4.78, 5) is 13.5. The number of carbonyl (C=O) groups excluding carboxylic acids is 1. The summed E-state index contributed by atoms with van der Waals surface area (Å²) in [5.41, 5.74) is 0. The van der Waals surface area contributed by atoms with E-state index in [0.717, 1.165) is 19.5 Å². The number of methoxy groups -OCH3 is 1. The third-order valence-electron chi connectivity index (χ3n) is 2.49. The lowest BCUT2D eigenvalue weighted by Gasteiger charge is -2.17. The van der Waals surface area contributed by atoms with Crippen molar-refractivity contribution in [3.05, 3.63) is 0 Å². The zero-order valence-electron chi connectivity index (χ0n) is 9.25. The number of nitrogens with zero attached hydrogens (tertiary/aromatic N) is 1. The van der Waals surface area contributed by atoms with E-state index < -0.39 is 0 Å². The first-order chi connectivity index (χ1) is 6.63. The first-order valence-electron chi connectivity index (χ1n) is 5.17. The van der Waals surface area contributed by atoms with Gasteiger partial charge in [-0.3, -0.25) is 4.79 Å². The maximum absolute atomic E-state index is 11.6. The molecule has 0 aromatic carbocycles. The molecule has 4 nitrogen and oxygen atoms in total. The number of likely N-dealkylation sites (tertiary alicyclic amines) is 1. The molecule has 1 aliphatic rings. The highest BCUT2D eigenvalue weighted by Crippen LogP contribution is 2.11. The minimum absolute atomic E-state index is 0.179. The van der Waals surface area contributed by atoms with Crippen LogP contribution in [0.1, 0.15) is 20.3 Å². The van der Waals surface area contributed by atoms with E-state index in [2.05, 4.69) is 5.32 Å². The maximum atomic E-state index is 11.6. The van der Waals surface area contributed by atoms with Crippen molar-refractivity contribution in [1.82, 2.24) is 10.2 Å². The Kier molecular flexibility index (Phi) is 4.35. The quantitative estimate of drug-likeness (QED) is 0.706. The molecule has 1 unspecified atom stereocenters. The highest BCUT2D eigenvalue weighted by atomic mass is 16.5. The average molecular weight is 200 g/mol. The summed E-state index contributed by atoms with van der Waals surface area (Å²) in [6.07, 6.45) is 1.20. The molecule has 14 heavy (non-hydrogen) atoms. The zero-order valence-corrected chi connectivity index (χ0v) is 9.25. The maximum Gasteiger partial charge on any atom is 0.236 e. The molecule has 1 rings (SSSR count). The van der Waals surface area contributed by atoms with E-state index in [0.29, 0.717) is 12.6 Å². The zero-order chi connectivity index (χ0) is 10.6. The predicted molar refractivity (Wildman–Crippen MR) is 55.1 cm³/mol. The van der Waals surface area contributed by atoms with Crippen LogP contribution in [0, 0.1) is 0 Å². The second kappa shape index (κ2) is 5.32. The third-order valence-corrected chi connectivity index (χ3v) is 2.49. The fraction of sp³-hybridized carbons (Fsp3) is 0.900. The van der Waals surface area contributed by atoms with Crippen molar-refractivity contribution in [2.75, 3.05) is 26.7 Å². The van der Waals surface area contributed by atoms with Crippen molar-refractivity contribution in [3.63, 3.8) is 0 Å². The van der Waals surface area contributed by atoms with Crippen molar-refractivity contribution in [1.29, 1.82) is 0 Å². The normalized spacial score (nSPS) is 22.0. The first-order valence-corrected chi connectivity index (χ1v) is 5.17. The van der Waals surface area contributed by atoms with Gasteiger partial charge < -0.3 is 15.0 Å². The van der Waals surface area contributed by atoms with E-state index in [9.17, 15) is 4.79 Å². The lowest BCUT2D eigenvalue weighted by molar-refractivity contribution is -0.129. The molecular weight excluding hydrogens is 180 g/mol. The van der Waals surface area contributed by atoms with Crippen LogP contribution in [0.25, 0.3) is 0 Å². The Morgan fingerprint density at radius 1 is 1.64 bits per heavy atom. The van der Waals surface area contributed by atoms with Gasteiger partial charge in [-0.05, 0) is 6.42 Å². The summed E-state index contributed by atoms with van der Waals surface area (Å²) >= 11 is 0. The SMILES string of the molecule is COC1CCN(C(=O)CNC(C)C)C1. The van der Waals surface area contributed by atoms with Crippen molar-refractivity contribution in [2.24, 2.45) is 0 Å². The predicted octanol–water partition coefficient (Wildman–Crippen LogP) is 0.232. The number of hydrogen-bond acceptors (Lipinski definition) is 3. The molecule has 4 heteroatoms. The van der Waals surface area contributed by atoms with E-state index in [1.807, 2.05) is 18.7 Å². The summed E-state index contributed by atoms with van der Waals surface area (Å²) in [6, 6.07) is 0.361. The largest absolute Gasteiger partial charge is 0.380 e. The van der Waals surface area contributed by atoms with E-state index in [-0.39, 0.29) is 12.0 Å². The molecule has 0 aromatic rings. The van der Waals surface area contributed by atoms with Gasteiger partial charge in [-0.25, -0.2) is 0 Å². The number of carbonyl (C=O) groups is 1. The molecule has 82 valence electrons. The van der Waals surface area contributed by atoms with Crippen LogP contribution < -0.4 is 5.32 Å². The number of amides is 1. The Bertz CT molecular complexity index is 195. The highest BCUT2D eigenvalue weighted by molar-refractivity contribution is 5.78. The van der Waals surface area contributed by atoms with Crippen LogP contribution in [0.3, 0.4) is 0 Å². The van der Waals surface area contributed by atoms with Crippen molar-refractivity contribution < 1.29 is 9.53 Å². The molecule has 1 heterocycles. The van der Waals surface area contributed by atoms with Crippen LogP contribution in [0.2, 0.25) is 0 Å². The number of rotatable bonds is 4. The molecule has 1 fully saturated rings. The Morgan fingerprint density at radius 2 is 2.36 bits per heavy atom. The van der Waals surface area contributed by atoms with E-state index >= 15 is 0 Å². The molecule has 0 aromatic heterocycles. The molecule has 0 bridgehead atoms. The van der Waals surface area contributed by atoms with Gasteiger partial charge in [0.1, 0.15) is 0 Å². The van der Waals surface area contributed by atoms with E-state index in [4.69, 9.17) is 4.74 Å². The summed E-state index contributed by atoms with van der Waals surface area (Å²) in [6.45, 7) is 6.09. The molecular formula is C10H20N2O2. The van der Waals surface area contributed by atoms with Gasteiger partial charge in [0.15, 0.2) is 0 Å². The second-order valence-corrected chi connectivity index (χ2v) is 4.02. The summed E-state index contributed by atoms with van der Waals surface area (Å²) in [5, 5.41) is 3.12. The minimum Gasteiger partial charge on any atom is -0.380 e. The first kappa shape index (κ1) is 11.5. The van der Waals surface area contributed by atoms with Gasteiger partial charge in [-0.1, -0.05) is 13.8 Å². The molecule has 1 atom stereocenters. The Hall–Kier alpha value is -0.610. The lowest BCUT2D eigenvalue weighted by atomic mass is 10.3. The molecule has 1 amide bonds. The van der Waals surface area contributed by atoms with E-state index in [1.165, 1.54) is 0 Å². The Balaban J connectivity index is 2.25. The van der Waals surface area contributed by atoms with Gasteiger partial charge in [0.05, 0.1) is 12.6 Å². The van der Waals surface area contributed by atoms with Gasteiger partial charge >= 0.3 is 0 Å². The van der Waals surface area contributed by atoms with Gasteiger partial charge in [-0.15, -0.1) is 0 Å². The number of nitrogens with one attached hydrogen (secondary N) is 1. The van der Waals surface area contributed by atoms with Crippen LogP contribution in [0.5, 0.6) is 0 Å². The molecule has 1 saturated heterocycles. The van der Waals surface area contributed by atoms with Crippen LogP contribution in [-0.2, 0) is 9.53 Å². The van der Waals surface area contributed by atoms with Crippen molar-refractivity contribution in [3.8, 4) is 0 Å². The minimum atomic E-state index is 0.179.